The Morgan fingerprint density at radius 2 is 1.70 bits per heavy atom. The van der Waals surface area contributed by atoms with Crippen LogP contribution in [0.1, 0.15) is 30.5 Å². The van der Waals surface area contributed by atoms with Gasteiger partial charge in [0, 0.05) is 41.8 Å². The summed E-state index contributed by atoms with van der Waals surface area (Å²) in [5.74, 6) is 0.606. The van der Waals surface area contributed by atoms with Gasteiger partial charge in [0.1, 0.15) is 35.3 Å². The molecule has 0 bridgehead atoms. The molecular weight excluding hydrogens is 572 g/mol. The zero-order valence-electron chi connectivity index (χ0n) is 24.7. The van der Waals surface area contributed by atoms with Crippen molar-refractivity contribution in [1.82, 2.24) is 4.57 Å². The molecule has 0 atom stereocenters. The Morgan fingerprint density at radius 1 is 0.977 bits per heavy atom. The molecule has 1 N–H and O–H groups in total. The van der Waals surface area contributed by atoms with Gasteiger partial charge in [-0.05, 0) is 78.3 Å². The summed E-state index contributed by atoms with van der Waals surface area (Å²) >= 11 is 1.78. The van der Waals surface area contributed by atoms with Crippen LogP contribution in [-0.2, 0) is 12.8 Å². The molecule has 0 saturated heterocycles. The summed E-state index contributed by atoms with van der Waals surface area (Å²) in [6.45, 7) is 8.16. The zero-order chi connectivity index (χ0) is 30.8. The number of furan rings is 1. The molecule has 224 valence electrons. The number of thioether (sulfide) groups is 1. The van der Waals surface area contributed by atoms with Crippen LogP contribution < -0.4 is 15.0 Å². The molecule has 43 heavy (non-hydrogen) atoms. The van der Waals surface area contributed by atoms with Crippen molar-refractivity contribution in [3.8, 4) is 39.7 Å². The van der Waals surface area contributed by atoms with E-state index in [9.17, 15) is 18.7 Å². The lowest BCUT2D eigenvalue weighted by atomic mass is 10.0. The van der Waals surface area contributed by atoms with E-state index in [-0.39, 0.29) is 24.5 Å². The second-order valence-corrected chi connectivity index (χ2v) is 12.3. The summed E-state index contributed by atoms with van der Waals surface area (Å²) in [5, 5.41) is 9.97. The van der Waals surface area contributed by atoms with Crippen molar-refractivity contribution >= 4 is 22.7 Å². The summed E-state index contributed by atoms with van der Waals surface area (Å²) in [7, 11) is 1.66. The first-order valence-electron chi connectivity index (χ1n) is 13.9. The number of pyridine rings is 1. The summed E-state index contributed by atoms with van der Waals surface area (Å²) < 4.78 is 47.8. The fourth-order valence-corrected chi connectivity index (χ4v) is 5.66. The fourth-order valence-electron chi connectivity index (χ4n) is 4.96. The number of rotatable bonds is 10. The predicted molar refractivity (Wildman–Crippen MR) is 167 cm³/mol. The first kappa shape index (κ1) is 30.4. The van der Waals surface area contributed by atoms with Crippen LogP contribution in [0.2, 0.25) is 0 Å². The van der Waals surface area contributed by atoms with Gasteiger partial charge in [0.2, 0.25) is 0 Å². The van der Waals surface area contributed by atoms with Gasteiger partial charge in [-0.1, -0.05) is 19.9 Å². The van der Waals surface area contributed by atoms with E-state index in [0.717, 1.165) is 40.1 Å². The summed E-state index contributed by atoms with van der Waals surface area (Å²) in [6.07, 6.45) is 1.68. The molecule has 2 heterocycles. The number of hydrogen-bond acceptors (Lipinski definition) is 6. The average molecular weight is 606 g/mol. The molecule has 5 rings (SSSR count). The number of aliphatic hydroxyl groups is 1. The van der Waals surface area contributed by atoms with E-state index in [0.29, 0.717) is 44.6 Å². The minimum Gasteiger partial charge on any atom is -0.491 e. The lowest BCUT2D eigenvalue weighted by Gasteiger charge is -2.15. The highest BCUT2D eigenvalue weighted by atomic mass is 32.2. The van der Waals surface area contributed by atoms with Gasteiger partial charge in [-0.25, -0.2) is 8.78 Å². The number of ether oxygens (including phenoxy) is 2. The van der Waals surface area contributed by atoms with Crippen molar-refractivity contribution in [2.45, 2.75) is 38.7 Å². The highest BCUT2D eigenvalue weighted by Crippen LogP contribution is 2.41. The van der Waals surface area contributed by atoms with Crippen molar-refractivity contribution < 1.29 is 27.8 Å². The van der Waals surface area contributed by atoms with Gasteiger partial charge in [-0.15, -0.1) is 0 Å². The number of aryl methyl sites for hydroxylation is 3. The van der Waals surface area contributed by atoms with E-state index in [1.807, 2.05) is 38.1 Å². The Bertz CT molecular complexity index is 1840. The third-order valence-electron chi connectivity index (χ3n) is 6.96. The van der Waals surface area contributed by atoms with E-state index in [1.54, 1.807) is 37.1 Å². The zero-order valence-corrected chi connectivity index (χ0v) is 25.5. The second-order valence-electron chi connectivity index (χ2n) is 10.7. The molecule has 9 heteroatoms. The SMILES string of the molecule is Cc1cc(-c2cc3c(=O)n(C)cc(-c4cc(CSC(C)C)ccc4Oc4ccc(F)cc4F)c3o2)cc(C)c1OCCO. The minimum atomic E-state index is -0.826. The van der Waals surface area contributed by atoms with E-state index in [2.05, 4.69) is 13.8 Å². The monoisotopic (exact) mass is 605 g/mol. The molecule has 0 saturated carbocycles. The third-order valence-corrected chi connectivity index (χ3v) is 8.13. The van der Waals surface area contributed by atoms with Crippen LogP contribution in [0.5, 0.6) is 17.2 Å². The van der Waals surface area contributed by atoms with Crippen molar-refractivity contribution in [2.24, 2.45) is 7.05 Å². The van der Waals surface area contributed by atoms with Crippen LogP contribution >= 0.6 is 11.8 Å². The van der Waals surface area contributed by atoms with Gasteiger partial charge < -0.3 is 23.6 Å². The standard InChI is InChI=1S/C34H33F2NO5S/c1-19(2)43-18-22-6-8-29(41-30-9-7-24(35)15-28(30)36)25(14-22)27-17-37(5)34(39)26-16-31(42-33(26)27)23-12-20(3)32(21(4)13-23)40-11-10-38/h6-9,12-17,19,38H,10-11,18H2,1-5H3. The maximum Gasteiger partial charge on any atom is 0.261 e. The number of hydrogen-bond donors (Lipinski definition) is 1. The molecule has 0 aliphatic carbocycles. The van der Waals surface area contributed by atoms with E-state index in [4.69, 9.17) is 13.9 Å². The van der Waals surface area contributed by atoms with Crippen LogP contribution in [0.25, 0.3) is 33.4 Å². The predicted octanol–water partition coefficient (Wildman–Crippen LogP) is 8.17. The minimum absolute atomic E-state index is 0.0901. The molecule has 6 nitrogen and oxygen atoms in total. The van der Waals surface area contributed by atoms with Gasteiger partial charge in [-0.2, -0.15) is 11.8 Å². The molecule has 2 aromatic heterocycles. The quantitative estimate of drug-likeness (QED) is 0.173. The summed E-state index contributed by atoms with van der Waals surface area (Å²) in [5.41, 5.74) is 4.84. The summed E-state index contributed by atoms with van der Waals surface area (Å²) in [4.78, 5) is 13.3. The van der Waals surface area contributed by atoms with Gasteiger partial charge in [0.25, 0.3) is 5.56 Å². The summed E-state index contributed by atoms with van der Waals surface area (Å²) in [6, 6.07) is 14.3. The largest absolute Gasteiger partial charge is 0.491 e. The van der Waals surface area contributed by atoms with Gasteiger partial charge >= 0.3 is 0 Å². The van der Waals surface area contributed by atoms with Gasteiger partial charge in [0.15, 0.2) is 11.6 Å². The topological polar surface area (TPSA) is 73.8 Å². The van der Waals surface area contributed by atoms with Crippen molar-refractivity contribution in [3.05, 3.63) is 99.5 Å². The Kier molecular flexibility index (Phi) is 8.94. The molecule has 3 aromatic carbocycles. The highest BCUT2D eigenvalue weighted by molar-refractivity contribution is 7.99. The highest BCUT2D eigenvalue weighted by Gasteiger charge is 2.21. The molecule has 5 aromatic rings. The molecule has 0 fully saturated rings. The number of aliphatic hydroxyl groups excluding tert-OH is 1. The van der Waals surface area contributed by atoms with Crippen LogP contribution in [-0.4, -0.2) is 28.1 Å². The maximum atomic E-state index is 14.6. The smallest absolute Gasteiger partial charge is 0.261 e. The number of aromatic nitrogens is 1. The fraction of sp³-hybridized carbons (Fsp3) is 0.265. The van der Waals surface area contributed by atoms with Crippen molar-refractivity contribution in [1.29, 1.82) is 0 Å². The van der Waals surface area contributed by atoms with Crippen LogP contribution in [0.15, 0.2) is 70.0 Å². The number of halogens is 2. The Labute approximate surface area is 252 Å². The number of nitrogens with zero attached hydrogens (tertiary/aromatic N) is 1. The van der Waals surface area contributed by atoms with Crippen LogP contribution in [0.3, 0.4) is 0 Å². The van der Waals surface area contributed by atoms with Crippen molar-refractivity contribution in [2.75, 3.05) is 13.2 Å². The number of benzene rings is 3. The number of fused-ring (bicyclic) bond motifs is 1. The molecular formula is C34H33F2NO5S. The lowest BCUT2D eigenvalue weighted by Crippen LogP contribution is -2.15. The molecule has 0 aliphatic heterocycles. The van der Waals surface area contributed by atoms with E-state index < -0.39 is 11.6 Å². The lowest BCUT2D eigenvalue weighted by molar-refractivity contribution is 0.200. The Morgan fingerprint density at radius 3 is 2.37 bits per heavy atom. The van der Waals surface area contributed by atoms with Gasteiger partial charge in [-0.3, -0.25) is 4.79 Å². The molecule has 0 unspecified atom stereocenters. The van der Waals surface area contributed by atoms with Crippen molar-refractivity contribution in [3.63, 3.8) is 0 Å². The maximum absolute atomic E-state index is 14.6. The second kappa shape index (κ2) is 12.7. The van der Waals surface area contributed by atoms with Crippen LogP contribution in [0, 0.1) is 25.5 Å². The van der Waals surface area contributed by atoms with E-state index >= 15 is 0 Å². The molecule has 0 radical (unpaired) electrons. The first-order valence-corrected chi connectivity index (χ1v) is 15.0. The normalized spacial score (nSPS) is 11.5. The van der Waals surface area contributed by atoms with Gasteiger partial charge in [0.05, 0.1) is 12.0 Å². The Balaban J connectivity index is 1.68. The molecule has 0 aliphatic rings. The Hall–Kier alpha value is -4.08. The third kappa shape index (κ3) is 6.48. The molecule has 0 spiro atoms. The first-order chi connectivity index (χ1) is 20.5. The van der Waals surface area contributed by atoms with E-state index in [1.165, 1.54) is 10.6 Å². The van der Waals surface area contributed by atoms with Crippen LogP contribution in [0.4, 0.5) is 8.78 Å². The average Bonchev–Trinajstić information content (AvgIpc) is 3.41. The molecule has 0 amide bonds.